The van der Waals surface area contributed by atoms with Gasteiger partial charge in [0.15, 0.2) is 0 Å². The number of aromatic hydroxyl groups is 1. The Morgan fingerprint density at radius 1 is 1.44 bits per heavy atom. The summed E-state index contributed by atoms with van der Waals surface area (Å²) < 4.78 is 5.00. The van der Waals surface area contributed by atoms with Gasteiger partial charge in [-0.1, -0.05) is 19.9 Å². The molecule has 5 nitrogen and oxygen atoms in total. The number of hydrogen-bond donors (Lipinski definition) is 3. The molecule has 0 aliphatic carbocycles. The highest BCUT2D eigenvalue weighted by Crippen LogP contribution is 2.35. The van der Waals surface area contributed by atoms with E-state index in [9.17, 15) is 9.90 Å². The number of carbonyl (C=O) groups is 1. The van der Waals surface area contributed by atoms with E-state index in [1.54, 1.807) is 12.1 Å². The SMILES string of the molecule is COc1ccc(C[C@H](C(N)=O)C(C)C)c(O)c1N. The normalized spacial score (nSPS) is 12.4. The Kier molecular flexibility index (Phi) is 4.42. The van der Waals surface area contributed by atoms with Crippen LogP contribution in [0.25, 0.3) is 0 Å². The van der Waals surface area contributed by atoms with Gasteiger partial charge in [-0.05, 0) is 24.0 Å². The van der Waals surface area contributed by atoms with Crippen LogP contribution >= 0.6 is 0 Å². The molecule has 0 bridgehead atoms. The van der Waals surface area contributed by atoms with Crippen LogP contribution in [0.15, 0.2) is 12.1 Å². The number of carbonyl (C=O) groups excluding carboxylic acids is 1. The van der Waals surface area contributed by atoms with Crippen LogP contribution in [0, 0.1) is 11.8 Å². The average molecular weight is 252 g/mol. The molecule has 1 amide bonds. The molecule has 5 N–H and O–H groups in total. The zero-order valence-corrected chi connectivity index (χ0v) is 10.9. The molecule has 0 aliphatic rings. The Hall–Kier alpha value is -1.91. The molecule has 0 heterocycles. The molecule has 0 unspecified atom stereocenters. The van der Waals surface area contributed by atoms with Gasteiger partial charge in [-0.25, -0.2) is 0 Å². The number of nitrogen functional groups attached to an aromatic ring is 1. The first-order valence-corrected chi connectivity index (χ1v) is 5.82. The second-order valence-corrected chi connectivity index (χ2v) is 4.65. The van der Waals surface area contributed by atoms with E-state index in [0.29, 0.717) is 17.7 Å². The number of rotatable bonds is 5. The fourth-order valence-electron chi connectivity index (χ4n) is 1.88. The number of nitrogens with two attached hydrogens (primary N) is 2. The molecule has 1 rings (SSSR count). The third-order valence-corrected chi connectivity index (χ3v) is 3.09. The maximum absolute atomic E-state index is 11.3. The van der Waals surface area contributed by atoms with Crippen LogP contribution in [0.2, 0.25) is 0 Å². The quantitative estimate of drug-likeness (QED) is 0.543. The number of phenols is 1. The second-order valence-electron chi connectivity index (χ2n) is 4.65. The highest BCUT2D eigenvalue weighted by Gasteiger charge is 2.22. The largest absolute Gasteiger partial charge is 0.505 e. The molecule has 0 saturated heterocycles. The molecular weight excluding hydrogens is 232 g/mol. The lowest BCUT2D eigenvalue weighted by Gasteiger charge is -2.18. The zero-order valence-electron chi connectivity index (χ0n) is 10.9. The zero-order chi connectivity index (χ0) is 13.9. The topological polar surface area (TPSA) is 98.6 Å². The molecule has 0 aliphatic heterocycles. The minimum atomic E-state index is -0.376. The fourth-order valence-corrected chi connectivity index (χ4v) is 1.88. The molecule has 1 aromatic carbocycles. The molecule has 1 atom stereocenters. The van der Waals surface area contributed by atoms with Crippen LogP contribution in [0.5, 0.6) is 11.5 Å². The van der Waals surface area contributed by atoms with Crippen LogP contribution in [-0.4, -0.2) is 18.1 Å². The third-order valence-electron chi connectivity index (χ3n) is 3.09. The van der Waals surface area contributed by atoms with Crippen molar-refractivity contribution in [2.75, 3.05) is 12.8 Å². The van der Waals surface area contributed by atoms with Gasteiger partial charge in [0.05, 0.1) is 7.11 Å². The number of primary amides is 1. The van der Waals surface area contributed by atoms with E-state index in [4.69, 9.17) is 16.2 Å². The van der Waals surface area contributed by atoms with E-state index in [0.717, 1.165) is 0 Å². The highest BCUT2D eigenvalue weighted by atomic mass is 16.5. The van der Waals surface area contributed by atoms with Crippen molar-refractivity contribution in [1.29, 1.82) is 0 Å². The maximum Gasteiger partial charge on any atom is 0.221 e. The summed E-state index contributed by atoms with van der Waals surface area (Å²) in [5.74, 6) is -0.231. The van der Waals surface area contributed by atoms with E-state index in [-0.39, 0.29) is 29.2 Å². The summed E-state index contributed by atoms with van der Waals surface area (Å²) in [6, 6.07) is 3.37. The van der Waals surface area contributed by atoms with Crippen LogP contribution < -0.4 is 16.2 Å². The predicted octanol–water partition coefficient (Wildman–Crippen LogP) is 1.28. The molecule has 0 radical (unpaired) electrons. The van der Waals surface area contributed by atoms with E-state index >= 15 is 0 Å². The third kappa shape index (κ3) is 2.85. The Balaban J connectivity index is 3.04. The lowest BCUT2D eigenvalue weighted by Crippen LogP contribution is -2.29. The number of ether oxygens (including phenoxy) is 1. The van der Waals surface area contributed by atoms with E-state index in [2.05, 4.69) is 0 Å². The number of hydrogen-bond acceptors (Lipinski definition) is 4. The minimum absolute atomic E-state index is 0.0405. The number of anilines is 1. The molecule has 0 saturated carbocycles. The Bertz CT molecular complexity index is 444. The van der Waals surface area contributed by atoms with Crippen LogP contribution in [0.1, 0.15) is 19.4 Å². The molecular formula is C13H20N2O3. The average Bonchev–Trinajstić information content (AvgIpc) is 2.30. The fraction of sp³-hybridized carbons (Fsp3) is 0.462. The molecule has 18 heavy (non-hydrogen) atoms. The number of amides is 1. The Morgan fingerprint density at radius 3 is 2.50 bits per heavy atom. The molecule has 0 fully saturated rings. The van der Waals surface area contributed by atoms with Gasteiger partial charge in [0.25, 0.3) is 0 Å². The highest BCUT2D eigenvalue weighted by molar-refractivity contribution is 5.77. The van der Waals surface area contributed by atoms with Crippen molar-refractivity contribution >= 4 is 11.6 Å². The molecule has 5 heteroatoms. The van der Waals surface area contributed by atoms with Gasteiger partial charge in [-0.2, -0.15) is 0 Å². The van der Waals surface area contributed by atoms with E-state index in [1.807, 2.05) is 13.8 Å². The molecule has 0 aromatic heterocycles. The maximum atomic E-state index is 11.3. The second kappa shape index (κ2) is 5.62. The molecule has 1 aromatic rings. The van der Waals surface area contributed by atoms with Crippen molar-refractivity contribution in [2.45, 2.75) is 20.3 Å². The van der Waals surface area contributed by atoms with Crippen molar-refractivity contribution in [3.05, 3.63) is 17.7 Å². The number of methoxy groups -OCH3 is 1. The van der Waals surface area contributed by atoms with Gasteiger partial charge in [0.2, 0.25) is 5.91 Å². The number of benzene rings is 1. The Morgan fingerprint density at radius 2 is 2.06 bits per heavy atom. The van der Waals surface area contributed by atoms with Gasteiger partial charge in [0.1, 0.15) is 17.2 Å². The summed E-state index contributed by atoms with van der Waals surface area (Å²) in [5, 5.41) is 9.96. The van der Waals surface area contributed by atoms with Crippen molar-refractivity contribution in [2.24, 2.45) is 17.6 Å². The summed E-state index contributed by atoms with van der Waals surface area (Å²) in [4.78, 5) is 11.3. The first-order chi connectivity index (χ1) is 8.38. The van der Waals surface area contributed by atoms with Crippen molar-refractivity contribution in [3.63, 3.8) is 0 Å². The monoisotopic (exact) mass is 252 g/mol. The molecule has 100 valence electrons. The lowest BCUT2D eigenvalue weighted by molar-refractivity contribution is -0.123. The minimum Gasteiger partial charge on any atom is -0.505 e. The van der Waals surface area contributed by atoms with Crippen LogP contribution in [0.4, 0.5) is 5.69 Å². The van der Waals surface area contributed by atoms with E-state index in [1.165, 1.54) is 7.11 Å². The van der Waals surface area contributed by atoms with Crippen LogP contribution in [0.3, 0.4) is 0 Å². The van der Waals surface area contributed by atoms with Gasteiger partial charge in [0, 0.05) is 5.92 Å². The first kappa shape index (κ1) is 14.2. The summed E-state index contributed by atoms with van der Waals surface area (Å²) in [6.07, 6.45) is 0.368. The van der Waals surface area contributed by atoms with Gasteiger partial charge >= 0.3 is 0 Å². The summed E-state index contributed by atoms with van der Waals surface area (Å²) in [5.41, 5.74) is 11.9. The molecule has 0 spiro atoms. The Labute approximate surface area is 107 Å². The predicted molar refractivity (Wildman–Crippen MR) is 70.3 cm³/mol. The number of phenolic OH excluding ortho intramolecular Hbond substituents is 1. The van der Waals surface area contributed by atoms with Gasteiger partial charge in [-0.3, -0.25) is 4.79 Å². The van der Waals surface area contributed by atoms with Crippen molar-refractivity contribution in [3.8, 4) is 11.5 Å². The summed E-state index contributed by atoms with van der Waals surface area (Å²) >= 11 is 0. The van der Waals surface area contributed by atoms with Gasteiger partial charge in [-0.15, -0.1) is 0 Å². The van der Waals surface area contributed by atoms with Crippen molar-refractivity contribution < 1.29 is 14.6 Å². The van der Waals surface area contributed by atoms with Crippen LogP contribution in [-0.2, 0) is 11.2 Å². The van der Waals surface area contributed by atoms with Crippen molar-refractivity contribution in [1.82, 2.24) is 0 Å². The van der Waals surface area contributed by atoms with E-state index < -0.39 is 0 Å². The standard InChI is InChI=1S/C13H20N2O3/c1-7(2)9(13(15)17)6-8-4-5-10(18-3)11(14)12(8)16/h4-5,7,9,16H,6,14H2,1-3H3,(H2,15,17)/t9-/m0/s1. The smallest absolute Gasteiger partial charge is 0.221 e. The summed E-state index contributed by atoms with van der Waals surface area (Å²) in [6.45, 7) is 3.83. The summed E-state index contributed by atoms with van der Waals surface area (Å²) in [7, 11) is 1.48. The first-order valence-electron chi connectivity index (χ1n) is 5.82. The lowest BCUT2D eigenvalue weighted by atomic mass is 9.88. The van der Waals surface area contributed by atoms with Gasteiger partial charge < -0.3 is 21.3 Å².